The van der Waals surface area contributed by atoms with E-state index in [2.05, 4.69) is 27.5 Å². The molecule has 0 saturated carbocycles. The van der Waals surface area contributed by atoms with Crippen molar-refractivity contribution in [1.82, 2.24) is 9.97 Å². The number of rotatable bonds is 5. The van der Waals surface area contributed by atoms with Gasteiger partial charge in [-0.15, -0.1) is 11.3 Å². The zero-order chi connectivity index (χ0) is 14.5. The molecule has 20 heavy (non-hydrogen) atoms. The molecule has 106 valence electrons. The molecule has 0 aliphatic carbocycles. The molecule has 2 aromatic rings. The first-order valence-electron chi connectivity index (χ1n) is 6.54. The quantitative estimate of drug-likeness (QED) is 0.887. The van der Waals surface area contributed by atoms with Crippen molar-refractivity contribution in [1.29, 1.82) is 0 Å². The maximum absolute atomic E-state index is 12.2. The van der Waals surface area contributed by atoms with Crippen molar-refractivity contribution in [2.45, 2.75) is 27.2 Å². The van der Waals surface area contributed by atoms with Crippen molar-refractivity contribution in [3.8, 4) is 0 Å². The van der Waals surface area contributed by atoms with E-state index in [-0.39, 0.29) is 5.91 Å². The number of carbonyl (C=O) groups is 1. The summed E-state index contributed by atoms with van der Waals surface area (Å²) < 4.78 is 0. The summed E-state index contributed by atoms with van der Waals surface area (Å²) in [5, 5.41) is 8.52. The molecular formula is C14H18N4OS. The summed E-state index contributed by atoms with van der Waals surface area (Å²) in [6.45, 7) is 6.70. The Balaban J connectivity index is 2.14. The minimum atomic E-state index is -0.163. The van der Waals surface area contributed by atoms with E-state index < -0.39 is 0 Å². The van der Waals surface area contributed by atoms with Crippen molar-refractivity contribution in [2.24, 2.45) is 0 Å². The molecule has 0 aliphatic rings. The Morgan fingerprint density at radius 2 is 2.05 bits per heavy atom. The fourth-order valence-corrected chi connectivity index (χ4v) is 2.41. The van der Waals surface area contributed by atoms with Crippen LogP contribution in [0.15, 0.2) is 17.5 Å². The first-order valence-corrected chi connectivity index (χ1v) is 7.42. The van der Waals surface area contributed by atoms with Crippen LogP contribution in [0.4, 0.5) is 10.9 Å². The molecule has 2 rings (SSSR count). The van der Waals surface area contributed by atoms with Gasteiger partial charge in [0, 0.05) is 23.2 Å². The van der Waals surface area contributed by atoms with Gasteiger partial charge in [0.1, 0.15) is 5.82 Å². The fourth-order valence-electron chi connectivity index (χ4n) is 1.72. The van der Waals surface area contributed by atoms with Gasteiger partial charge in [0.05, 0.1) is 5.69 Å². The summed E-state index contributed by atoms with van der Waals surface area (Å²) in [6, 6.07) is 3.53. The predicted octanol–water partition coefficient (Wildman–Crippen LogP) is 3.23. The monoisotopic (exact) mass is 290 g/mol. The van der Waals surface area contributed by atoms with Gasteiger partial charge in [-0.2, -0.15) is 0 Å². The summed E-state index contributed by atoms with van der Waals surface area (Å²) >= 11 is 1.42. The molecule has 0 unspecified atom stereocenters. The Morgan fingerprint density at radius 3 is 2.70 bits per heavy atom. The van der Waals surface area contributed by atoms with Gasteiger partial charge in [0.25, 0.3) is 5.91 Å². The van der Waals surface area contributed by atoms with Gasteiger partial charge < -0.3 is 5.32 Å². The molecule has 2 heterocycles. The first-order chi connectivity index (χ1) is 9.58. The fraction of sp³-hybridized carbons (Fsp3) is 0.357. The molecule has 1 amide bonds. The van der Waals surface area contributed by atoms with E-state index in [9.17, 15) is 4.79 Å². The highest BCUT2D eigenvalue weighted by atomic mass is 32.1. The highest BCUT2D eigenvalue weighted by Gasteiger charge is 2.10. The van der Waals surface area contributed by atoms with Crippen molar-refractivity contribution >= 4 is 28.2 Å². The number of hydrogen-bond donors (Lipinski definition) is 2. The van der Waals surface area contributed by atoms with Gasteiger partial charge in [0.15, 0.2) is 5.13 Å². The van der Waals surface area contributed by atoms with Crippen LogP contribution in [0.25, 0.3) is 0 Å². The lowest BCUT2D eigenvalue weighted by Crippen LogP contribution is -2.13. The third kappa shape index (κ3) is 3.77. The molecule has 5 nitrogen and oxygen atoms in total. The van der Waals surface area contributed by atoms with Crippen LogP contribution in [0.2, 0.25) is 0 Å². The lowest BCUT2D eigenvalue weighted by atomic mass is 10.2. The highest BCUT2D eigenvalue weighted by molar-refractivity contribution is 7.13. The lowest BCUT2D eigenvalue weighted by molar-refractivity contribution is 0.102. The summed E-state index contributed by atoms with van der Waals surface area (Å²) in [4.78, 5) is 20.8. The lowest BCUT2D eigenvalue weighted by Gasteiger charge is -2.08. The van der Waals surface area contributed by atoms with Crippen LogP contribution in [0.3, 0.4) is 0 Å². The molecule has 6 heteroatoms. The standard InChI is InChI=1S/C14H18N4OS/c1-4-5-15-12-7-11(6-9(2)16-12)13(19)18-14-17-10(3)8-20-14/h6-8H,4-5H2,1-3H3,(H,15,16)(H,17,18,19). The van der Waals surface area contributed by atoms with Crippen molar-refractivity contribution in [2.75, 3.05) is 17.2 Å². The third-order valence-electron chi connectivity index (χ3n) is 2.61. The van der Waals surface area contributed by atoms with Gasteiger partial charge in [-0.05, 0) is 32.4 Å². The number of nitrogens with one attached hydrogen (secondary N) is 2. The van der Waals surface area contributed by atoms with Crippen LogP contribution in [-0.4, -0.2) is 22.4 Å². The molecule has 0 saturated heterocycles. The second-order valence-corrected chi connectivity index (χ2v) is 5.42. The second-order valence-electron chi connectivity index (χ2n) is 4.56. The first kappa shape index (κ1) is 14.5. The summed E-state index contributed by atoms with van der Waals surface area (Å²) in [7, 11) is 0. The molecule has 0 aromatic carbocycles. The van der Waals surface area contributed by atoms with E-state index in [1.54, 1.807) is 12.1 Å². The number of thiazole rings is 1. The van der Waals surface area contributed by atoms with Crippen LogP contribution in [0.5, 0.6) is 0 Å². The van der Waals surface area contributed by atoms with E-state index in [1.165, 1.54) is 11.3 Å². The molecule has 2 N–H and O–H groups in total. The van der Waals surface area contributed by atoms with Crippen LogP contribution < -0.4 is 10.6 Å². The largest absolute Gasteiger partial charge is 0.370 e. The molecule has 0 bridgehead atoms. The molecule has 2 aromatic heterocycles. The van der Waals surface area contributed by atoms with Gasteiger partial charge >= 0.3 is 0 Å². The number of anilines is 2. The Morgan fingerprint density at radius 1 is 1.25 bits per heavy atom. The zero-order valence-electron chi connectivity index (χ0n) is 11.9. The van der Waals surface area contributed by atoms with Gasteiger partial charge in [-0.3, -0.25) is 10.1 Å². The van der Waals surface area contributed by atoms with E-state index >= 15 is 0 Å². The Kier molecular flexibility index (Phi) is 4.68. The Hall–Kier alpha value is -1.95. The Bertz CT molecular complexity index is 609. The number of aromatic nitrogens is 2. The minimum absolute atomic E-state index is 0.163. The third-order valence-corrected chi connectivity index (χ3v) is 3.49. The van der Waals surface area contributed by atoms with Crippen molar-refractivity contribution in [3.63, 3.8) is 0 Å². The van der Waals surface area contributed by atoms with Crippen LogP contribution >= 0.6 is 11.3 Å². The normalized spacial score (nSPS) is 10.3. The number of carbonyl (C=O) groups excluding carboxylic acids is 1. The number of pyridine rings is 1. The van der Waals surface area contributed by atoms with Crippen LogP contribution in [0.1, 0.15) is 35.1 Å². The summed E-state index contributed by atoms with van der Waals surface area (Å²) in [5.41, 5.74) is 2.30. The SMILES string of the molecule is CCCNc1cc(C(=O)Nc2nc(C)cs2)cc(C)n1. The highest BCUT2D eigenvalue weighted by Crippen LogP contribution is 2.17. The van der Waals surface area contributed by atoms with Gasteiger partial charge in [-0.1, -0.05) is 6.92 Å². The van der Waals surface area contributed by atoms with Crippen molar-refractivity contribution in [3.05, 3.63) is 34.5 Å². The number of aryl methyl sites for hydroxylation is 2. The zero-order valence-corrected chi connectivity index (χ0v) is 12.7. The topological polar surface area (TPSA) is 66.9 Å². The summed E-state index contributed by atoms with van der Waals surface area (Å²) in [6.07, 6.45) is 1.01. The predicted molar refractivity (Wildman–Crippen MR) is 82.6 cm³/mol. The van der Waals surface area contributed by atoms with Gasteiger partial charge in [-0.25, -0.2) is 9.97 Å². The van der Waals surface area contributed by atoms with Crippen molar-refractivity contribution < 1.29 is 4.79 Å². The van der Waals surface area contributed by atoms with E-state index in [4.69, 9.17) is 0 Å². The number of nitrogens with zero attached hydrogens (tertiary/aromatic N) is 2. The Labute approximate surface area is 122 Å². The summed E-state index contributed by atoms with van der Waals surface area (Å²) in [5.74, 6) is 0.566. The molecule has 0 radical (unpaired) electrons. The minimum Gasteiger partial charge on any atom is -0.370 e. The molecule has 0 fully saturated rings. The number of amides is 1. The van der Waals surface area contributed by atoms with Crippen LogP contribution in [0, 0.1) is 13.8 Å². The maximum atomic E-state index is 12.2. The van der Waals surface area contributed by atoms with E-state index in [1.807, 2.05) is 19.2 Å². The maximum Gasteiger partial charge on any atom is 0.257 e. The average molecular weight is 290 g/mol. The average Bonchev–Trinajstić information content (AvgIpc) is 2.81. The molecule has 0 spiro atoms. The van der Waals surface area contributed by atoms with Gasteiger partial charge in [0.2, 0.25) is 0 Å². The van der Waals surface area contributed by atoms with E-state index in [0.29, 0.717) is 10.7 Å². The molecular weight excluding hydrogens is 272 g/mol. The second kappa shape index (κ2) is 6.47. The molecule has 0 atom stereocenters. The number of hydrogen-bond acceptors (Lipinski definition) is 5. The van der Waals surface area contributed by atoms with Crippen LogP contribution in [-0.2, 0) is 0 Å². The smallest absolute Gasteiger partial charge is 0.257 e. The molecule has 0 aliphatic heterocycles. The van der Waals surface area contributed by atoms with E-state index in [0.717, 1.165) is 30.2 Å².